The highest BCUT2D eigenvalue weighted by molar-refractivity contribution is 7.90. The van der Waals surface area contributed by atoms with E-state index in [0.717, 1.165) is 40.5 Å². The molecule has 1 heterocycles. The molecular formula is C16H18N2O2S. The molecule has 2 bridgehead atoms. The van der Waals surface area contributed by atoms with Crippen molar-refractivity contribution in [2.75, 3.05) is 6.26 Å². The quantitative estimate of drug-likeness (QED) is 0.927. The molecule has 3 fully saturated rings. The number of fused-ring (bicyclic) bond motifs is 6. The van der Waals surface area contributed by atoms with Gasteiger partial charge >= 0.3 is 0 Å². The van der Waals surface area contributed by atoms with Gasteiger partial charge in [0.1, 0.15) is 5.82 Å². The average Bonchev–Trinajstić information content (AvgIpc) is 2.80. The molecule has 5 heteroatoms. The van der Waals surface area contributed by atoms with Crippen molar-refractivity contribution in [1.29, 1.82) is 0 Å². The van der Waals surface area contributed by atoms with Crippen molar-refractivity contribution in [3.05, 3.63) is 24.0 Å². The van der Waals surface area contributed by atoms with Crippen LogP contribution in [0.25, 0.3) is 11.0 Å². The molecule has 0 saturated heterocycles. The fourth-order valence-corrected chi connectivity index (χ4v) is 5.73. The van der Waals surface area contributed by atoms with Crippen LogP contribution in [0.5, 0.6) is 0 Å². The van der Waals surface area contributed by atoms with Crippen LogP contribution in [0.2, 0.25) is 0 Å². The monoisotopic (exact) mass is 302 g/mol. The molecule has 4 nitrogen and oxygen atoms in total. The zero-order valence-electron chi connectivity index (χ0n) is 11.9. The Morgan fingerprint density at radius 1 is 1.19 bits per heavy atom. The summed E-state index contributed by atoms with van der Waals surface area (Å²) in [5, 5.41) is 0. The molecule has 4 atom stereocenters. The van der Waals surface area contributed by atoms with Crippen molar-refractivity contribution in [2.24, 2.45) is 23.7 Å². The lowest BCUT2D eigenvalue weighted by Gasteiger charge is -2.05. The summed E-state index contributed by atoms with van der Waals surface area (Å²) in [7, 11) is -3.16. The van der Waals surface area contributed by atoms with Crippen LogP contribution in [-0.4, -0.2) is 24.6 Å². The highest BCUT2D eigenvalue weighted by Gasteiger charge is 2.66. The number of hydrogen-bond donors (Lipinski definition) is 1. The third-order valence-electron chi connectivity index (χ3n) is 5.95. The number of rotatable bonds is 2. The Morgan fingerprint density at radius 3 is 2.57 bits per heavy atom. The second kappa shape index (κ2) is 3.69. The first-order chi connectivity index (χ1) is 10.0. The van der Waals surface area contributed by atoms with E-state index in [4.69, 9.17) is 4.98 Å². The summed E-state index contributed by atoms with van der Waals surface area (Å²) in [5.74, 6) is 5.22. The van der Waals surface area contributed by atoms with Crippen molar-refractivity contribution in [3.8, 4) is 0 Å². The van der Waals surface area contributed by atoms with Gasteiger partial charge in [0.05, 0.1) is 15.9 Å². The summed E-state index contributed by atoms with van der Waals surface area (Å²) in [6.07, 6.45) is 5.49. The maximum absolute atomic E-state index is 11.6. The number of aromatic nitrogens is 2. The molecule has 0 amide bonds. The molecule has 3 saturated carbocycles. The fourth-order valence-electron chi connectivity index (χ4n) is 5.09. The molecule has 110 valence electrons. The summed E-state index contributed by atoms with van der Waals surface area (Å²) in [4.78, 5) is 8.48. The van der Waals surface area contributed by atoms with Gasteiger partial charge in [-0.05, 0) is 61.1 Å². The zero-order valence-corrected chi connectivity index (χ0v) is 12.7. The number of imidazole rings is 1. The molecule has 1 N–H and O–H groups in total. The largest absolute Gasteiger partial charge is 0.342 e. The molecule has 5 rings (SSSR count). The van der Waals surface area contributed by atoms with Gasteiger partial charge in [0.15, 0.2) is 9.84 Å². The fraction of sp³-hybridized carbons (Fsp3) is 0.562. The van der Waals surface area contributed by atoms with Crippen molar-refractivity contribution < 1.29 is 8.42 Å². The summed E-state index contributed by atoms with van der Waals surface area (Å²) in [5.41, 5.74) is 1.74. The summed E-state index contributed by atoms with van der Waals surface area (Å²) >= 11 is 0. The van der Waals surface area contributed by atoms with Gasteiger partial charge in [-0.25, -0.2) is 13.4 Å². The molecule has 3 aliphatic carbocycles. The number of hydrogen-bond acceptors (Lipinski definition) is 3. The Balaban J connectivity index is 1.55. The van der Waals surface area contributed by atoms with Crippen molar-refractivity contribution in [3.63, 3.8) is 0 Å². The van der Waals surface area contributed by atoms with Crippen molar-refractivity contribution >= 4 is 20.9 Å². The van der Waals surface area contributed by atoms with E-state index < -0.39 is 9.84 Å². The normalized spacial score (nSPS) is 37.1. The van der Waals surface area contributed by atoms with Crippen LogP contribution < -0.4 is 0 Å². The molecule has 1 aromatic heterocycles. The van der Waals surface area contributed by atoms with Crippen LogP contribution in [0.4, 0.5) is 0 Å². The lowest BCUT2D eigenvalue weighted by Crippen LogP contribution is -1.98. The van der Waals surface area contributed by atoms with E-state index in [0.29, 0.717) is 10.8 Å². The summed E-state index contributed by atoms with van der Waals surface area (Å²) < 4.78 is 23.3. The van der Waals surface area contributed by atoms with E-state index in [-0.39, 0.29) is 0 Å². The topological polar surface area (TPSA) is 62.8 Å². The first-order valence-electron chi connectivity index (χ1n) is 7.72. The number of benzene rings is 1. The summed E-state index contributed by atoms with van der Waals surface area (Å²) in [6.45, 7) is 0. The number of sulfone groups is 1. The van der Waals surface area contributed by atoms with Gasteiger partial charge in [-0.3, -0.25) is 0 Å². The van der Waals surface area contributed by atoms with Crippen LogP contribution in [0.1, 0.15) is 31.0 Å². The first kappa shape index (κ1) is 12.2. The average molecular weight is 302 g/mol. The second-order valence-corrected chi connectivity index (χ2v) is 9.10. The molecule has 2 aromatic rings. The lowest BCUT2D eigenvalue weighted by molar-refractivity contribution is 0.456. The predicted molar refractivity (Wildman–Crippen MR) is 79.8 cm³/mol. The van der Waals surface area contributed by atoms with Crippen LogP contribution in [0.15, 0.2) is 23.1 Å². The predicted octanol–water partition coefficient (Wildman–Crippen LogP) is 2.73. The van der Waals surface area contributed by atoms with E-state index in [1.165, 1.54) is 25.5 Å². The van der Waals surface area contributed by atoms with Gasteiger partial charge < -0.3 is 4.98 Å². The minimum Gasteiger partial charge on any atom is -0.342 e. The number of H-pyrrole nitrogens is 1. The van der Waals surface area contributed by atoms with Crippen molar-refractivity contribution in [2.45, 2.75) is 30.1 Å². The molecule has 3 aliphatic rings. The van der Waals surface area contributed by atoms with Crippen molar-refractivity contribution in [1.82, 2.24) is 9.97 Å². The molecule has 1 aromatic carbocycles. The Morgan fingerprint density at radius 2 is 1.90 bits per heavy atom. The van der Waals surface area contributed by atoms with Gasteiger partial charge in [-0.2, -0.15) is 0 Å². The zero-order chi connectivity index (χ0) is 14.4. The number of aromatic amines is 1. The molecule has 0 radical (unpaired) electrons. The van der Waals surface area contributed by atoms with Crippen LogP contribution in [0, 0.1) is 23.7 Å². The minimum absolute atomic E-state index is 0.362. The Labute approximate surface area is 123 Å². The molecule has 4 unspecified atom stereocenters. The van der Waals surface area contributed by atoms with E-state index >= 15 is 0 Å². The highest BCUT2D eigenvalue weighted by Crippen LogP contribution is 2.72. The third kappa shape index (κ3) is 1.61. The Hall–Kier alpha value is -1.36. The Bertz CT molecular complexity index is 838. The van der Waals surface area contributed by atoms with Crippen LogP contribution in [0.3, 0.4) is 0 Å². The molecule has 0 aliphatic heterocycles. The number of nitrogens with one attached hydrogen (secondary N) is 1. The van der Waals surface area contributed by atoms with Gasteiger partial charge in [-0.1, -0.05) is 0 Å². The second-order valence-electron chi connectivity index (χ2n) is 7.09. The van der Waals surface area contributed by atoms with Gasteiger partial charge in [0.2, 0.25) is 0 Å². The lowest BCUT2D eigenvalue weighted by atomic mass is 10.0. The van der Waals surface area contributed by atoms with Gasteiger partial charge in [0.25, 0.3) is 0 Å². The smallest absolute Gasteiger partial charge is 0.175 e. The SMILES string of the molecule is CS(=O)(=O)c1ccc2nc(C3C4C5CCC(C5)C34)[nH]c2c1. The molecule has 21 heavy (non-hydrogen) atoms. The van der Waals surface area contributed by atoms with Crippen LogP contribution in [-0.2, 0) is 9.84 Å². The Kier molecular flexibility index (Phi) is 2.15. The van der Waals surface area contributed by atoms with E-state index in [9.17, 15) is 8.42 Å². The molecular weight excluding hydrogens is 284 g/mol. The van der Waals surface area contributed by atoms with E-state index in [2.05, 4.69) is 4.98 Å². The number of nitrogens with zero attached hydrogens (tertiary/aromatic N) is 1. The maximum Gasteiger partial charge on any atom is 0.175 e. The summed E-state index contributed by atoms with van der Waals surface area (Å²) in [6, 6.07) is 5.19. The first-order valence-corrected chi connectivity index (χ1v) is 9.61. The highest BCUT2D eigenvalue weighted by atomic mass is 32.2. The standard InChI is InChI=1S/C16H18N2O2S/c1-21(19,20)10-4-5-11-12(7-10)18-16(17-11)15-13-8-2-3-9(6-8)14(13)15/h4-5,7-9,13-15H,2-3,6H2,1H3,(H,17,18). The maximum atomic E-state index is 11.6. The minimum atomic E-state index is -3.16. The van der Waals surface area contributed by atoms with E-state index in [1.54, 1.807) is 12.1 Å². The van der Waals surface area contributed by atoms with E-state index in [1.807, 2.05) is 6.07 Å². The third-order valence-corrected chi connectivity index (χ3v) is 7.06. The van der Waals surface area contributed by atoms with Gasteiger partial charge in [0, 0.05) is 12.2 Å². The molecule has 0 spiro atoms. The van der Waals surface area contributed by atoms with Crippen LogP contribution >= 0.6 is 0 Å². The van der Waals surface area contributed by atoms with Gasteiger partial charge in [-0.15, -0.1) is 0 Å².